The van der Waals surface area contributed by atoms with Crippen molar-refractivity contribution in [2.24, 2.45) is 0 Å². The van der Waals surface area contributed by atoms with Gasteiger partial charge in [-0.05, 0) is 18.2 Å². The van der Waals surface area contributed by atoms with Crippen molar-refractivity contribution in [2.75, 3.05) is 5.32 Å². The van der Waals surface area contributed by atoms with Crippen LogP contribution in [-0.4, -0.2) is 11.9 Å². The second-order valence-electron chi connectivity index (χ2n) is 4.81. The summed E-state index contributed by atoms with van der Waals surface area (Å²) in [6.07, 6.45) is -5.16. The van der Waals surface area contributed by atoms with Crippen LogP contribution < -0.4 is 10.6 Å². The molecule has 26 heavy (non-hydrogen) atoms. The van der Waals surface area contributed by atoms with Crippen molar-refractivity contribution in [1.82, 2.24) is 5.32 Å². The number of amides is 3. The van der Waals surface area contributed by atoms with Gasteiger partial charge in [0.1, 0.15) is 28.8 Å². The summed E-state index contributed by atoms with van der Waals surface area (Å²) in [6, 6.07) is 0.745. The summed E-state index contributed by atoms with van der Waals surface area (Å²) < 4.78 is 91.1. The molecule has 2 aromatic carbocycles. The van der Waals surface area contributed by atoms with Gasteiger partial charge in [-0.1, -0.05) is 6.07 Å². The van der Waals surface area contributed by atoms with E-state index in [4.69, 9.17) is 0 Å². The highest BCUT2D eigenvalue weighted by Crippen LogP contribution is 2.33. The standard InChI is InChI=1S/C15H7F7N2O2/c16-7-2-1-3-8(17)12(7)13(25)24-14(26)23-11-5-9(18)6(4-10(11)19)15(20,21)22/h1-5H,(H2,23,24,25,26). The number of imide groups is 1. The molecule has 11 heteroatoms. The number of anilines is 1. The Bertz CT molecular complexity index is 861. The van der Waals surface area contributed by atoms with E-state index in [1.165, 1.54) is 5.32 Å². The molecule has 2 aromatic rings. The van der Waals surface area contributed by atoms with Gasteiger partial charge in [0.05, 0.1) is 11.3 Å². The van der Waals surface area contributed by atoms with E-state index in [1.54, 1.807) is 5.32 Å². The third-order valence-electron chi connectivity index (χ3n) is 3.03. The number of carbonyl (C=O) groups is 2. The zero-order chi connectivity index (χ0) is 19.6. The number of carbonyl (C=O) groups excluding carboxylic acids is 2. The number of benzene rings is 2. The van der Waals surface area contributed by atoms with Gasteiger partial charge < -0.3 is 5.32 Å². The van der Waals surface area contributed by atoms with Crippen molar-refractivity contribution in [2.45, 2.75) is 6.18 Å². The number of nitrogens with one attached hydrogen (secondary N) is 2. The zero-order valence-electron chi connectivity index (χ0n) is 12.3. The molecule has 0 aliphatic rings. The van der Waals surface area contributed by atoms with E-state index in [2.05, 4.69) is 0 Å². The molecule has 0 bridgehead atoms. The molecule has 0 saturated heterocycles. The summed E-state index contributed by atoms with van der Waals surface area (Å²) in [5.74, 6) is -7.63. The molecule has 0 unspecified atom stereocenters. The zero-order valence-corrected chi connectivity index (χ0v) is 12.3. The van der Waals surface area contributed by atoms with Crippen LogP contribution in [0.15, 0.2) is 30.3 Å². The monoisotopic (exact) mass is 380 g/mol. The smallest absolute Gasteiger partial charge is 0.305 e. The van der Waals surface area contributed by atoms with E-state index < -0.39 is 58.2 Å². The molecule has 2 rings (SSSR count). The molecule has 0 spiro atoms. The highest BCUT2D eigenvalue weighted by molar-refractivity contribution is 6.08. The van der Waals surface area contributed by atoms with Crippen molar-refractivity contribution in [1.29, 1.82) is 0 Å². The van der Waals surface area contributed by atoms with Gasteiger partial charge >= 0.3 is 12.2 Å². The van der Waals surface area contributed by atoms with Crippen LogP contribution in [0, 0.1) is 23.3 Å². The molecule has 0 aliphatic heterocycles. The molecule has 0 aliphatic carbocycles. The second kappa shape index (κ2) is 7.02. The van der Waals surface area contributed by atoms with Crippen LogP contribution in [-0.2, 0) is 6.18 Å². The lowest BCUT2D eigenvalue weighted by atomic mass is 10.1. The molecule has 3 amide bonds. The molecule has 138 valence electrons. The van der Waals surface area contributed by atoms with Crippen LogP contribution in [0.1, 0.15) is 15.9 Å². The molecule has 0 fully saturated rings. The largest absolute Gasteiger partial charge is 0.419 e. The third-order valence-corrected chi connectivity index (χ3v) is 3.03. The summed E-state index contributed by atoms with van der Waals surface area (Å²) in [5, 5.41) is 3.01. The van der Waals surface area contributed by atoms with Crippen molar-refractivity contribution < 1.29 is 40.3 Å². The summed E-state index contributed by atoms with van der Waals surface area (Å²) in [7, 11) is 0. The van der Waals surface area contributed by atoms with Gasteiger partial charge in [0.15, 0.2) is 0 Å². The summed E-state index contributed by atoms with van der Waals surface area (Å²) in [4.78, 5) is 23.2. The normalized spacial score (nSPS) is 11.2. The minimum Gasteiger partial charge on any atom is -0.305 e. The Kier molecular flexibility index (Phi) is 5.19. The number of alkyl halides is 3. The van der Waals surface area contributed by atoms with Crippen molar-refractivity contribution in [3.05, 3.63) is 64.7 Å². The summed E-state index contributed by atoms with van der Waals surface area (Å²) in [5.41, 5.74) is -4.03. The van der Waals surface area contributed by atoms with E-state index in [-0.39, 0.29) is 12.1 Å². The molecule has 4 nitrogen and oxygen atoms in total. The fraction of sp³-hybridized carbons (Fsp3) is 0.0667. The number of urea groups is 1. The lowest BCUT2D eigenvalue weighted by Crippen LogP contribution is -2.35. The quantitative estimate of drug-likeness (QED) is 0.767. The van der Waals surface area contributed by atoms with Gasteiger partial charge in [-0.3, -0.25) is 10.1 Å². The molecule has 0 aromatic heterocycles. The number of hydrogen-bond donors (Lipinski definition) is 2. The number of hydrogen-bond acceptors (Lipinski definition) is 2. The van der Waals surface area contributed by atoms with Gasteiger partial charge in [-0.15, -0.1) is 0 Å². The number of rotatable bonds is 2. The SMILES string of the molecule is O=C(NC(=O)c1c(F)cccc1F)Nc1cc(F)c(C(F)(F)F)cc1F. The van der Waals surface area contributed by atoms with Gasteiger partial charge in [-0.2, -0.15) is 13.2 Å². The predicted octanol–water partition coefficient (Wildman–Crippen LogP) is 4.22. The maximum atomic E-state index is 13.6. The van der Waals surface area contributed by atoms with Gasteiger partial charge in [0, 0.05) is 6.07 Å². The Hall–Kier alpha value is -3.11. The van der Waals surface area contributed by atoms with Crippen LogP contribution in [0.3, 0.4) is 0 Å². The second-order valence-corrected chi connectivity index (χ2v) is 4.81. The van der Waals surface area contributed by atoms with Crippen molar-refractivity contribution in [3.63, 3.8) is 0 Å². The van der Waals surface area contributed by atoms with Crippen molar-refractivity contribution in [3.8, 4) is 0 Å². The van der Waals surface area contributed by atoms with Gasteiger partial charge in [0.2, 0.25) is 0 Å². The van der Waals surface area contributed by atoms with Gasteiger partial charge in [-0.25, -0.2) is 22.4 Å². The molecule has 0 saturated carbocycles. The minimum atomic E-state index is -5.16. The molecule has 0 heterocycles. The van der Waals surface area contributed by atoms with E-state index in [0.717, 1.165) is 18.2 Å². The maximum Gasteiger partial charge on any atom is 0.419 e. The van der Waals surface area contributed by atoms with Crippen LogP contribution in [0.25, 0.3) is 0 Å². The van der Waals surface area contributed by atoms with Crippen LogP contribution in [0.4, 0.5) is 41.2 Å². The lowest BCUT2D eigenvalue weighted by molar-refractivity contribution is -0.140. The first-order chi connectivity index (χ1) is 12.0. The Morgan fingerprint density at radius 1 is 0.846 bits per heavy atom. The van der Waals surface area contributed by atoms with E-state index in [1.807, 2.05) is 0 Å². The fourth-order valence-corrected chi connectivity index (χ4v) is 1.89. The van der Waals surface area contributed by atoms with Crippen molar-refractivity contribution >= 4 is 17.6 Å². The molecular formula is C15H7F7N2O2. The first-order valence-electron chi connectivity index (χ1n) is 6.63. The topological polar surface area (TPSA) is 58.2 Å². The number of halogens is 7. The Morgan fingerprint density at radius 2 is 1.42 bits per heavy atom. The van der Waals surface area contributed by atoms with E-state index in [0.29, 0.717) is 0 Å². The molecule has 0 atom stereocenters. The van der Waals surface area contributed by atoms with E-state index in [9.17, 15) is 40.3 Å². The van der Waals surface area contributed by atoms with Crippen LogP contribution in [0.5, 0.6) is 0 Å². The third kappa shape index (κ3) is 4.10. The van der Waals surface area contributed by atoms with Crippen LogP contribution in [0.2, 0.25) is 0 Å². The first kappa shape index (κ1) is 19.2. The van der Waals surface area contributed by atoms with Crippen LogP contribution >= 0.6 is 0 Å². The Labute approximate surface area is 140 Å². The highest BCUT2D eigenvalue weighted by atomic mass is 19.4. The maximum absolute atomic E-state index is 13.6. The van der Waals surface area contributed by atoms with E-state index >= 15 is 0 Å². The Morgan fingerprint density at radius 3 is 1.96 bits per heavy atom. The van der Waals surface area contributed by atoms with Gasteiger partial charge in [0.25, 0.3) is 5.91 Å². The summed E-state index contributed by atoms with van der Waals surface area (Å²) in [6.45, 7) is 0. The average Bonchev–Trinajstić information content (AvgIpc) is 2.49. The fourth-order valence-electron chi connectivity index (χ4n) is 1.89. The molecular weight excluding hydrogens is 373 g/mol. The minimum absolute atomic E-state index is 0.0475. The Balaban J connectivity index is 2.18. The lowest BCUT2D eigenvalue weighted by Gasteiger charge is -2.12. The highest BCUT2D eigenvalue weighted by Gasteiger charge is 2.35. The molecule has 0 radical (unpaired) electrons. The predicted molar refractivity (Wildman–Crippen MR) is 74.2 cm³/mol. The first-order valence-corrected chi connectivity index (χ1v) is 6.63. The average molecular weight is 380 g/mol. The molecule has 2 N–H and O–H groups in total. The summed E-state index contributed by atoms with van der Waals surface area (Å²) >= 11 is 0.